The summed E-state index contributed by atoms with van der Waals surface area (Å²) in [7, 11) is 0. The largest absolute Gasteiger partial charge is 0.337 e. The van der Waals surface area contributed by atoms with Crippen LogP contribution in [0, 0.1) is 11.8 Å². The molecule has 4 rings (SSSR count). The van der Waals surface area contributed by atoms with E-state index in [-0.39, 0.29) is 5.91 Å². The van der Waals surface area contributed by atoms with Gasteiger partial charge in [-0.25, -0.2) is 0 Å². The van der Waals surface area contributed by atoms with Gasteiger partial charge in [0.05, 0.1) is 6.20 Å². The minimum absolute atomic E-state index is 0.0110. The van der Waals surface area contributed by atoms with Crippen molar-refractivity contribution in [2.75, 3.05) is 26.2 Å². The average molecular weight is 358 g/mol. The van der Waals surface area contributed by atoms with E-state index in [1.165, 1.54) is 30.4 Å². The number of carbonyl (C=O) groups is 1. The van der Waals surface area contributed by atoms with Gasteiger partial charge in [0.2, 0.25) is 0 Å². The summed E-state index contributed by atoms with van der Waals surface area (Å²) in [6.07, 6.45) is 6.74. The molecule has 0 radical (unpaired) electrons. The van der Waals surface area contributed by atoms with Crippen LogP contribution in [0.15, 0.2) is 12.5 Å². The third-order valence-electron chi connectivity index (χ3n) is 5.42. The van der Waals surface area contributed by atoms with Crippen molar-refractivity contribution in [2.45, 2.75) is 39.2 Å². The molecule has 1 N–H and O–H groups in total. The van der Waals surface area contributed by atoms with Crippen LogP contribution in [0.1, 0.15) is 43.5 Å². The van der Waals surface area contributed by atoms with Gasteiger partial charge in [-0.2, -0.15) is 9.78 Å². The van der Waals surface area contributed by atoms with Crippen molar-refractivity contribution >= 4 is 5.91 Å². The highest BCUT2D eigenvalue weighted by Gasteiger charge is 2.34. The number of rotatable bonds is 5. The number of hydrogen-bond acceptors (Lipinski definition) is 6. The fourth-order valence-corrected chi connectivity index (χ4v) is 3.78. The molecule has 26 heavy (non-hydrogen) atoms. The van der Waals surface area contributed by atoms with Crippen LogP contribution in [0.25, 0.3) is 5.82 Å². The summed E-state index contributed by atoms with van der Waals surface area (Å²) in [6, 6.07) is 0.394. The van der Waals surface area contributed by atoms with E-state index in [1.807, 2.05) is 4.90 Å². The molecule has 9 heteroatoms. The summed E-state index contributed by atoms with van der Waals surface area (Å²) >= 11 is 0. The van der Waals surface area contributed by atoms with Gasteiger partial charge in [-0.05, 0) is 41.5 Å². The minimum Gasteiger partial charge on any atom is -0.337 e. The lowest BCUT2D eigenvalue weighted by Crippen LogP contribution is -2.46. The van der Waals surface area contributed by atoms with Gasteiger partial charge in [0.15, 0.2) is 5.82 Å². The van der Waals surface area contributed by atoms with E-state index in [4.69, 9.17) is 0 Å². The Morgan fingerprint density at radius 2 is 2.19 bits per heavy atom. The SMILES string of the molecule is CC(C)[C@@H]1CN(C(=O)c2cn[nH]c2-n2cnnn2)CCCN1CC1CC1. The molecule has 0 unspecified atom stereocenters. The molecule has 3 heterocycles. The maximum absolute atomic E-state index is 13.2. The van der Waals surface area contributed by atoms with Crippen molar-refractivity contribution in [3.05, 3.63) is 18.1 Å². The van der Waals surface area contributed by atoms with Crippen LogP contribution in [0.4, 0.5) is 0 Å². The first-order valence-corrected chi connectivity index (χ1v) is 9.43. The number of aromatic amines is 1. The van der Waals surface area contributed by atoms with Gasteiger partial charge in [-0.3, -0.25) is 14.8 Å². The van der Waals surface area contributed by atoms with Crippen LogP contribution in [-0.2, 0) is 0 Å². The van der Waals surface area contributed by atoms with Gasteiger partial charge in [-0.15, -0.1) is 5.10 Å². The third kappa shape index (κ3) is 3.48. The normalized spacial score (nSPS) is 22.0. The lowest BCUT2D eigenvalue weighted by Gasteiger charge is -2.34. The number of nitrogens with one attached hydrogen (secondary N) is 1. The quantitative estimate of drug-likeness (QED) is 0.855. The van der Waals surface area contributed by atoms with Crippen LogP contribution in [0.3, 0.4) is 0 Å². The second kappa shape index (κ2) is 7.14. The molecular formula is C17H26N8O. The fraction of sp³-hybridized carbons (Fsp3) is 0.706. The number of carbonyl (C=O) groups excluding carboxylic acids is 1. The molecule has 0 bridgehead atoms. The molecule has 1 aliphatic carbocycles. The Morgan fingerprint density at radius 3 is 2.88 bits per heavy atom. The lowest BCUT2D eigenvalue weighted by atomic mass is 10.0. The molecule has 2 aromatic heterocycles. The molecule has 2 aliphatic rings. The summed E-state index contributed by atoms with van der Waals surface area (Å²) in [5, 5.41) is 18.0. The number of nitrogens with zero attached hydrogens (tertiary/aromatic N) is 7. The van der Waals surface area contributed by atoms with Crippen molar-refractivity contribution < 1.29 is 4.79 Å². The zero-order valence-corrected chi connectivity index (χ0v) is 15.4. The molecule has 1 saturated carbocycles. The molecule has 1 amide bonds. The Labute approximate surface area is 152 Å². The second-order valence-corrected chi connectivity index (χ2v) is 7.74. The van der Waals surface area contributed by atoms with Crippen LogP contribution < -0.4 is 0 Å². The summed E-state index contributed by atoms with van der Waals surface area (Å²) in [6.45, 7) is 8.26. The Morgan fingerprint density at radius 1 is 1.35 bits per heavy atom. The predicted molar refractivity (Wildman–Crippen MR) is 94.7 cm³/mol. The van der Waals surface area contributed by atoms with Crippen molar-refractivity contribution in [2.24, 2.45) is 11.8 Å². The molecule has 1 aliphatic heterocycles. The Balaban J connectivity index is 1.53. The molecule has 2 aromatic rings. The number of aromatic nitrogens is 6. The van der Waals surface area contributed by atoms with Crippen molar-refractivity contribution in [3.8, 4) is 5.82 Å². The molecule has 0 aromatic carbocycles. The van der Waals surface area contributed by atoms with Crippen LogP contribution in [-0.4, -0.2) is 78.3 Å². The highest BCUT2D eigenvalue weighted by Crippen LogP contribution is 2.32. The minimum atomic E-state index is -0.0110. The highest BCUT2D eigenvalue weighted by atomic mass is 16.2. The fourth-order valence-electron chi connectivity index (χ4n) is 3.78. The lowest BCUT2D eigenvalue weighted by molar-refractivity contribution is 0.0704. The zero-order chi connectivity index (χ0) is 18.1. The average Bonchev–Trinajstić information content (AvgIpc) is 3.11. The van der Waals surface area contributed by atoms with Crippen molar-refractivity contribution in [1.82, 2.24) is 40.2 Å². The van der Waals surface area contributed by atoms with E-state index in [0.29, 0.717) is 23.3 Å². The molecule has 2 fully saturated rings. The van der Waals surface area contributed by atoms with Gasteiger partial charge in [-0.1, -0.05) is 13.8 Å². The first-order chi connectivity index (χ1) is 12.6. The smallest absolute Gasteiger partial charge is 0.259 e. The van der Waals surface area contributed by atoms with Crippen LogP contribution in [0.5, 0.6) is 0 Å². The number of tetrazole rings is 1. The maximum atomic E-state index is 13.2. The van der Waals surface area contributed by atoms with E-state index in [9.17, 15) is 4.79 Å². The van der Waals surface area contributed by atoms with E-state index in [0.717, 1.165) is 32.0 Å². The Bertz CT molecular complexity index is 736. The summed E-state index contributed by atoms with van der Waals surface area (Å²) in [4.78, 5) is 17.8. The predicted octanol–water partition coefficient (Wildman–Crippen LogP) is 0.968. The summed E-state index contributed by atoms with van der Waals surface area (Å²) in [5.74, 6) is 1.87. The van der Waals surface area contributed by atoms with Crippen molar-refractivity contribution in [1.29, 1.82) is 0 Å². The summed E-state index contributed by atoms with van der Waals surface area (Å²) < 4.78 is 1.44. The van der Waals surface area contributed by atoms with Gasteiger partial charge < -0.3 is 4.90 Å². The topological polar surface area (TPSA) is 95.8 Å². The molecule has 0 spiro atoms. The van der Waals surface area contributed by atoms with Crippen molar-refractivity contribution in [3.63, 3.8) is 0 Å². The van der Waals surface area contributed by atoms with E-state index < -0.39 is 0 Å². The first kappa shape index (κ1) is 17.1. The maximum Gasteiger partial charge on any atom is 0.259 e. The van der Waals surface area contributed by atoms with E-state index in [2.05, 4.69) is 44.5 Å². The first-order valence-electron chi connectivity index (χ1n) is 9.43. The Hall–Kier alpha value is -2.29. The van der Waals surface area contributed by atoms with Gasteiger partial charge >= 0.3 is 0 Å². The highest BCUT2D eigenvalue weighted by molar-refractivity contribution is 5.97. The molecule has 140 valence electrons. The van der Waals surface area contributed by atoms with Crippen LogP contribution in [0.2, 0.25) is 0 Å². The molecule has 9 nitrogen and oxygen atoms in total. The second-order valence-electron chi connectivity index (χ2n) is 7.74. The number of H-pyrrole nitrogens is 1. The molecule has 1 saturated heterocycles. The van der Waals surface area contributed by atoms with Crippen LogP contribution >= 0.6 is 0 Å². The molecular weight excluding hydrogens is 332 g/mol. The third-order valence-corrected chi connectivity index (χ3v) is 5.42. The van der Waals surface area contributed by atoms with Gasteiger partial charge in [0.25, 0.3) is 5.91 Å². The Kier molecular flexibility index (Phi) is 4.71. The standard InChI is InChI=1S/C17H26N8O/c1-12(2)15-10-24(7-3-6-23(15)9-13-4-5-13)17(26)14-8-18-20-16(14)25-11-19-21-22-25/h8,11-13,15H,3-7,9-10H2,1-2H3,(H,18,20)/t15-/m0/s1. The number of amides is 1. The molecule has 1 atom stereocenters. The summed E-state index contributed by atoms with van der Waals surface area (Å²) in [5.41, 5.74) is 0.510. The van der Waals surface area contributed by atoms with E-state index >= 15 is 0 Å². The number of hydrogen-bond donors (Lipinski definition) is 1. The van der Waals surface area contributed by atoms with Gasteiger partial charge in [0, 0.05) is 32.2 Å². The zero-order valence-electron chi connectivity index (χ0n) is 15.4. The monoisotopic (exact) mass is 358 g/mol. The van der Waals surface area contributed by atoms with E-state index in [1.54, 1.807) is 6.20 Å². The van der Waals surface area contributed by atoms with Gasteiger partial charge in [0.1, 0.15) is 11.9 Å².